The molecule has 0 atom stereocenters. The van der Waals surface area contributed by atoms with E-state index in [2.05, 4.69) is 10.5 Å². The second kappa shape index (κ2) is 7.60. The van der Waals surface area contributed by atoms with Crippen LogP contribution in [0, 0.1) is 5.82 Å². The van der Waals surface area contributed by atoms with Crippen molar-refractivity contribution in [3.8, 4) is 11.5 Å². The number of nitrogens with one attached hydrogen (secondary N) is 1. The lowest BCUT2D eigenvalue weighted by atomic mass is 10.2. The molecule has 1 amide bonds. The standard InChI is InChI=1S/C16H14ClFN2O3/c1-22-11-6-10(7-12(8-11)23-2)16(21)20-19-9-13-14(17)4-3-5-15(13)18/h3-9H,1-2H3,(H,20,21). The SMILES string of the molecule is COc1cc(OC)cc(C(=O)NN=Cc2c(F)cccc2Cl)c1. The van der Waals surface area contributed by atoms with E-state index in [9.17, 15) is 9.18 Å². The number of ether oxygens (including phenoxy) is 2. The number of hydrogen-bond donors (Lipinski definition) is 1. The minimum absolute atomic E-state index is 0.0951. The molecular weight excluding hydrogens is 323 g/mol. The summed E-state index contributed by atoms with van der Waals surface area (Å²) in [6, 6.07) is 8.96. The van der Waals surface area contributed by atoms with Crippen molar-refractivity contribution in [2.45, 2.75) is 0 Å². The van der Waals surface area contributed by atoms with Gasteiger partial charge in [-0.15, -0.1) is 0 Å². The Morgan fingerprint density at radius 3 is 2.43 bits per heavy atom. The monoisotopic (exact) mass is 336 g/mol. The Hall–Kier alpha value is -2.60. The average Bonchev–Trinajstić information content (AvgIpc) is 2.56. The molecule has 1 N–H and O–H groups in total. The van der Waals surface area contributed by atoms with Crippen LogP contribution in [-0.4, -0.2) is 26.3 Å². The Morgan fingerprint density at radius 1 is 1.22 bits per heavy atom. The number of carbonyl (C=O) groups is 1. The van der Waals surface area contributed by atoms with E-state index in [1.54, 1.807) is 6.07 Å². The Kier molecular flexibility index (Phi) is 5.54. The molecule has 0 spiro atoms. The van der Waals surface area contributed by atoms with Gasteiger partial charge in [0.25, 0.3) is 5.91 Å². The van der Waals surface area contributed by atoms with Crippen LogP contribution in [0.4, 0.5) is 4.39 Å². The first-order chi connectivity index (χ1) is 11.0. The van der Waals surface area contributed by atoms with Crippen molar-refractivity contribution >= 4 is 23.7 Å². The first kappa shape index (κ1) is 16.8. The zero-order valence-electron chi connectivity index (χ0n) is 12.5. The summed E-state index contributed by atoms with van der Waals surface area (Å²) in [5, 5.41) is 3.92. The Balaban J connectivity index is 2.15. The number of rotatable bonds is 5. The molecule has 7 heteroatoms. The first-order valence-electron chi connectivity index (χ1n) is 6.55. The van der Waals surface area contributed by atoms with E-state index < -0.39 is 11.7 Å². The highest BCUT2D eigenvalue weighted by Crippen LogP contribution is 2.22. The third kappa shape index (κ3) is 4.20. The predicted molar refractivity (Wildman–Crippen MR) is 86.0 cm³/mol. The van der Waals surface area contributed by atoms with Crippen LogP contribution in [0.3, 0.4) is 0 Å². The van der Waals surface area contributed by atoms with Gasteiger partial charge in [0, 0.05) is 17.2 Å². The van der Waals surface area contributed by atoms with E-state index in [0.717, 1.165) is 6.21 Å². The van der Waals surface area contributed by atoms with Gasteiger partial charge in [-0.2, -0.15) is 5.10 Å². The zero-order chi connectivity index (χ0) is 16.8. The fraction of sp³-hybridized carbons (Fsp3) is 0.125. The summed E-state index contributed by atoms with van der Waals surface area (Å²) < 4.78 is 23.7. The maximum absolute atomic E-state index is 13.6. The predicted octanol–water partition coefficient (Wildman–Crippen LogP) is 3.26. The molecule has 0 bridgehead atoms. The molecule has 5 nitrogen and oxygen atoms in total. The van der Waals surface area contributed by atoms with Crippen LogP contribution in [0.2, 0.25) is 5.02 Å². The second-order valence-electron chi connectivity index (χ2n) is 4.44. The maximum atomic E-state index is 13.6. The van der Waals surface area contributed by atoms with Crippen molar-refractivity contribution in [2.24, 2.45) is 5.10 Å². The molecule has 23 heavy (non-hydrogen) atoms. The summed E-state index contributed by atoms with van der Waals surface area (Å²) in [5.74, 6) is -0.0873. The van der Waals surface area contributed by atoms with E-state index in [1.165, 1.54) is 44.6 Å². The lowest BCUT2D eigenvalue weighted by Gasteiger charge is -2.07. The van der Waals surface area contributed by atoms with Crippen molar-refractivity contribution in [3.63, 3.8) is 0 Å². The third-order valence-corrected chi connectivity index (χ3v) is 3.30. The number of hydrazone groups is 1. The minimum atomic E-state index is -0.529. The van der Waals surface area contributed by atoms with Gasteiger partial charge in [0.05, 0.1) is 25.5 Å². The summed E-state index contributed by atoms with van der Waals surface area (Å²) in [5.41, 5.74) is 2.68. The molecule has 0 heterocycles. The van der Waals surface area contributed by atoms with Gasteiger partial charge in [-0.05, 0) is 24.3 Å². The number of carbonyl (C=O) groups excluding carboxylic acids is 1. The zero-order valence-corrected chi connectivity index (χ0v) is 13.2. The van der Waals surface area contributed by atoms with Crippen molar-refractivity contribution in [2.75, 3.05) is 14.2 Å². The van der Waals surface area contributed by atoms with Gasteiger partial charge in [-0.3, -0.25) is 4.79 Å². The van der Waals surface area contributed by atoms with E-state index in [4.69, 9.17) is 21.1 Å². The quantitative estimate of drug-likeness (QED) is 0.673. The van der Waals surface area contributed by atoms with Gasteiger partial charge < -0.3 is 9.47 Å². The summed E-state index contributed by atoms with van der Waals surface area (Å²) in [7, 11) is 2.96. The molecule has 2 rings (SSSR count). The van der Waals surface area contributed by atoms with Gasteiger partial charge in [0.2, 0.25) is 0 Å². The highest BCUT2D eigenvalue weighted by molar-refractivity contribution is 6.33. The van der Waals surface area contributed by atoms with Gasteiger partial charge in [0.15, 0.2) is 0 Å². The molecule has 0 saturated heterocycles. The Morgan fingerprint density at radius 2 is 1.87 bits per heavy atom. The lowest BCUT2D eigenvalue weighted by Crippen LogP contribution is -2.18. The van der Waals surface area contributed by atoms with E-state index >= 15 is 0 Å². The molecule has 0 aliphatic carbocycles. The molecule has 0 radical (unpaired) electrons. The topological polar surface area (TPSA) is 59.9 Å². The third-order valence-electron chi connectivity index (χ3n) is 2.97. The molecule has 120 valence electrons. The van der Waals surface area contributed by atoms with Gasteiger partial charge in [-0.25, -0.2) is 9.82 Å². The minimum Gasteiger partial charge on any atom is -0.497 e. The van der Waals surface area contributed by atoms with Crippen LogP contribution >= 0.6 is 11.6 Å². The number of hydrogen-bond acceptors (Lipinski definition) is 4. The Labute approximate surface area is 137 Å². The van der Waals surface area contributed by atoms with Crippen molar-refractivity contribution in [1.82, 2.24) is 5.43 Å². The maximum Gasteiger partial charge on any atom is 0.271 e. The van der Waals surface area contributed by atoms with Crippen LogP contribution in [-0.2, 0) is 0 Å². The fourth-order valence-electron chi connectivity index (χ4n) is 1.79. The van der Waals surface area contributed by atoms with E-state index in [1.807, 2.05) is 0 Å². The number of amides is 1. The van der Waals surface area contributed by atoms with Crippen LogP contribution in [0.25, 0.3) is 0 Å². The number of benzene rings is 2. The van der Waals surface area contributed by atoms with Crippen LogP contribution < -0.4 is 14.9 Å². The molecule has 0 saturated carbocycles. The molecule has 0 fully saturated rings. The molecular formula is C16H14ClFN2O3. The van der Waals surface area contributed by atoms with E-state index in [0.29, 0.717) is 11.5 Å². The average molecular weight is 337 g/mol. The van der Waals surface area contributed by atoms with Crippen molar-refractivity contribution in [3.05, 3.63) is 58.4 Å². The van der Waals surface area contributed by atoms with Crippen molar-refractivity contribution < 1.29 is 18.7 Å². The van der Waals surface area contributed by atoms with Crippen LogP contribution in [0.1, 0.15) is 15.9 Å². The molecule has 0 aliphatic rings. The number of halogens is 2. The van der Waals surface area contributed by atoms with E-state index in [-0.39, 0.29) is 16.1 Å². The summed E-state index contributed by atoms with van der Waals surface area (Å²) in [4.78, 5) is 12.1. The Bertz CT molecular complexity index is 708. The van der Waals surface area contributed by atoms with Crippen LogP contribution in [0.15, 0.2) is 41.5 Å². The molecule has 0 aromatic heterocycles. The molecule has 2 aromatic rings. The summed E-state index contributed by atoms with van der Waals surface area (Å²) in [6.45, 7) is 0. The second-order valence-corrected chi connectivity index (χ2v) is 4.84. The molecule has 0 unspecified atom stereocenters. The number of nitrogens with zero attached hydrogens (tertiary/aromatic N) is 1. The van der Waals surface area contributed by atoms with Gasteiger partial charge in [0.1, 0.15) is 17.3 Å². The van der Waals surface area contributed by atoms with Crippen LogP contribution in [0.5, 0.6) is 11.5 Å². The normalized spacial score (nSPS) is 10.6. The first-order valence-corrected chi connectivity index (χ1v) is 6.93. The molecule has 0 aliphatic heterocycles. The lowest BCUT2D eigenvalue weighted by molar-refractivity contribution is 0.0954. The fourth-order valence-corrected chi connectivity index (χ4v) is 2.00. The highest BCUT2D eigenvalue weighted by Gasteiger charge is 2.09. The smallest absolute Gasteiger partial charge is 0.271 e. The van der Waals surface area contributed by atoms with Gasteiger partial charge >= 0.3 is 0 Å². The largest absolute Gasteiger partial charge is 0.497 e. The summed E-state index contributed by atoms with van der Waals surface area (Å²) in [6.07, 6.45) is 1.15. The highest BCUT2D eigenvalue weighted by atomic mass is 35.5. The summed E-state index contributed by atoms with van der Waals surface area (Å²) >= 11 is 5.86. The van der Waals surface area contributed by atoms with Gasteiger partial charge in [-0.1, -0.05) is 17.7 Å². The number of methoxy groups -OCH3 is 2. The van der Waals surface area contributed by atoms with Crippen molar-refractivity contribution in [1.29, 1.82) is 0 Å². The molecule has 2 aromatic carbocycles.